The van der Waals surface area contributed by atoms with Gasteiger partial charge in [0, 0.05) is 0 Å². The van der Waals surface area contributed by atoms with Crippen molar-refractivity contribution in [3.05, 3.63) is 55.5 Å². The molecule has 0 bridgehead atoms. The summed E-state index contributed by atoms with van der Waals surface area (Å²) in [5.41, 5.74) is 1.31. The summed E-state index contributed by atoms with van der Waals surface area (Å²) in [6.07, 6.45) is 1.98. The number of rotatable bonds is 6. The van der Waals surface area contributed by atoms with Crippen molar-refractivity contribution in [2.45, 2.75) is 19.6 Å². The standard InChI is InChI=1S/C14H22BNSi/c1-6-13-16(17(3,4)5)15(7-2)14-11-9-8-10-12-14/h6-12H,1-2,13H2,3-5H3. The molecule has 0 atom stereocenters. The summed E-state index contributed by atoms with van der Waals surface area (Å²) in [6.45, 7) is 16.2. The van der Waals surface area contributed by atoms with Gasteiger partial charge in [0.25, 0.3) is 6.85 Å². The molecule has 0 heterocycles. The van der Waals surface area contributed by atoms with E-state index in [-0.39, 0.29) is 0 Å². The van der Waals surface area contributed by atoms with Crippen molar-refractivity contribution >= 4 is 20.5 Å². The third-order valence-electron chi connectivity index (χ3n) is 2.89. The lowest BCUT2D eigenvalue weighted by Crippen LogP contribution is -2.58. The van der Waals surface area contributed by atoms with Gasteiger partial charge in [-0.05, 0) is 6.54 Å². The summed E-state index contributed by atoms with van der Waals surface area (Å²) in [5.74, 6) is 2.04. The van der Waals surface area contributed by atoms with Crippen molar-refractivity contribution in [1.29, 1.82) is 0 Å². The molecule has 0 radical (unpaired) electrons. The summed E-state index contributed by atoms with van der Waals surface area (Å²) in [5, 5.41) is 0. The van der Waals surface area contributed by atoms with E-state index in [0.717, 1.165) is 6.54 Å². The molecule has 0 saturated heterocycles. The van der Waals surface area contributed by atoms with Crippen molar-refractivity contribution in [2.24, 2.45) is 0 Å². The lowest BCUT2D eigenvalue weighted by molar-refractivity contribution is 0.718. The lowest BCUT2D eigenvalue weighted by Gasteiger charge is -2.37. The van der Waals surface area contributed by atoms with Crippen LogP contribution in [0.2, 0.25) is 19.6 Å². The average Bonchev–Trinajstić information content (AvgIpc) is 2.29. The Morgan fingerprint density at radius 3 is 2.18 bits per heavy atom. The molecular weight excluding hydrogens is 221 g/mol. The fourth-order valence-electron chi connectivity index (χ4n) is 2.04. The van der Waals surface area contributed by atoms with E-state index >= 15 is 0 Å². The molecule has 1 aromatic carbocycles. The Morgan fingerprint density at radius 2 is 1.76 bits per heavy atom. The molecule has 0 saturated carbocycles. The number of hydrogen-bond donors (Lipinski definition) is 0. The molecule has 0 spiro atoms. The SMILES string of the molecule is C=CCN(B(C=C)c1ccccc1)[Si](C)(C)C. The van der Waals surface area contributed by atoms with Gasteiger partial charge in [0.05, 0.1) is 0 Å². The van der Waals surface area contributed by atoms with E-state index in [2.05, 4.69) is 67.6 Å². The van der Waals surface area contributed by atoms with Gasteiger partial charge in [0.1, 0.15) is 8.24 Å². The number of benzene rings is 1. The predicted molar refractivity (Wildman–Crippen MR) is 82.3 cm³/mol. The first-order valence-corrected chi connectivity index (χ1v) is 9.50. The Balaban J connectivity index is 3.06. The Bertz CT molecular complexity index is 370. The van der Waals surface area contributed by atoms with Gasteiger partial charge < -0.3 is 4.48 Å². The van der Waals surface area contributed by atoms with Crippen LogP contribution in [0.25, 0.3) is 0 Å². The molecule has 1 aromatic rings. The molecule has 1 nitrogen and oxygen atoms in total. The third kappa shape index (κ3) is 3.72. The van der Waals surface area contributed by atoms with Crippen molar-refractivity contribution in [3.63, 3.8) is 0 Å². The van der Waals surface area contributed by atoms with Crippen LogP contribution < -0.4 is 5.46 Å². The number of nitrogens with zero attached hydrogens (tertiary/aromatic N) is 1. The highest BCUT2D eigenvalue weighted by Gasteiger charge is 2.31. The van der Waals surface area contributed by atoms with Crippen LogP contribution in [0.15, 0.2) is 55.5 Å². The molecule has 0 aliphatic carbocycles. The Kier molecular flexibility index (Phi) is 4.97. The first kappa shape index (κ1) is 14.0. The van der Waals surface area contributed by atoms with Gasteiger partial charge in [0.2, 0.25) is 0 Å². The summed E-state index contributed by atoms with van der Waals surface area (Å²) in [7, 11) is -1.38. The maximum atomic E-state index is 4.00. The molecule has 0 amide bonds. The smallest absolute Gasteiger partial charge is 0.277 e. The molecule has 90 valence electrons. The fraction of sp³-hybridized carbons (Fsp3) is 0.286. The lowest BCUT2D eigenvalue weighted by atomic mass is 9.56. The van der Waals surface area contributed by atoms with E-state index < -0.39 is 8.24 Å². The number of hydrogen-bond acceptors (Lipinski definition) is 1. The van der Waals surface area contributed by atoms with Gasteiger partial charge in [-0.3, -0.25) is 0 Å². The second-order valence-electron chi connectivity index (χ2n) is 5.20. The van der Waals surface area contributed by atoms with Gasteiger partial charge in [-0.2, -0.15) is 0 Å². The average molecular weight is 243 g/mol. The van der Waals surface area contributed by atoms with E-state index in [1.54, 1.807) is 0 Å². The predicted octanol–water partition coefficient (Wildman–Crippen LogP) is 2.93. The molecule has 0 N–H and O–H groups in total. The normalized spacial score (nSPS) is 11.3. The van der Waals surface area contributed by atoms with Crippen LogP contribution in [0.3, 0.4) is 0 Å². The molecule has 0 aromatic heterocycles. The molecule has 3 heteroatoms. The van der Waals surface area contributed by atoms with Crippen molar-refractivity contribution in [3.8, 4) is 0 Å². The van der Waals surface area contributed by atoms with Gasteiger partial charge in [-0.25, -0.2) is 0 Å². The van der Waals surface area contributed by atoms with Crippen LogP contribution in [-0.2, 0) is 0 Å². The molecule has 0 unspecified atom stereocenters. The summed E-state index contributed by atoms with van der Waals surface area (Å²) in [6, 6.07) is 10.6. The van der Waals surface area contributed by atoms with Crippen LogP contribution in [0.1, 0.15) is 0 Å². The second kappa shape index (κ2) is 6.03. The van der Waals surface area contributed by atoms with Crippen LogP contribution in [0.4, 0.5) is 0 Å². The van der Waals surface area contributed by atoms with Crippen molar-refractivity contribution in [1.82, 2.24) is 4.48 Å². The largest absolute Gasteiger partial charge is 0.354 e. The molecule has 0 aliphatic rings. The van der Waals surface area contributed by atoms with E-state index in [0.29, 0.717) is 6.85 Å². The summed E-state index contributed by atoms with van der Waals surface area (Å²) >= 11 is 0. The highest BCUT2D eigenvalue weighted by atomic mass is 28.3. The molecule has 17 heavy (non-hydrogen) atoms. The Morgan fingerprint density at radius 1 is 1.18 bits per heavy atom. The van der Waals surface area contributed by atoms with E-state index in [1.807, 2.05) is 12.1 Å². The zero-order valence-corrected chi connectivity index (χ0v) is 12.2. The van der Waals surface area contributed by atoms with E-state index in [1.165, 1.54) is 5.46 Å². The fourth-order valence-corrected chi connectivity index (χ4v) is 3.80. The molecule has 0 fully saturated rings. The van der Waals surface area contributed by atoms with Gasteiger partial charge in [-0.1, -0.05) is 61.5 Å². The van der Waals surface area contributed by atoms with Gasteiger partial charge in [0.15, 0.2) is 0 Å². The van der Waals surface area contributed by atoms with E-state index in [4.69, 9.17) is 0 Å². The maximum absolute atomic E-state index is 4.00. The molecular formula is C14H22BNSi. The van der Waals surface area contributed by atoms with Crippen molar-refractivity contribution in [2.75, 3.05) is 6.54 Å². The zero-order chi connectivity index (χ0) is 12.9. The van der Waals surface area contributed by atoms with Crippen LogP contribution in [-0.4, -0.2) is 26.1 Å². The first-order chi connectivity index (χ1) is 8.00. The van der Waals surface area contributed by atoms with Crippen LogP contribution in [0, 0.1) is 0 Å². The Labute approximate surface area is 107 Å². The highest BCUT2D eigenvalue weighted by molar-refractivity contribution is 6.89. The first-order valence-electron chi connectivity index (χ1n) is 6.06. The van der Waals surface area contributed by atoms with Gasteiger partial charge >= 0.3 is 0 Å². The minimum atomic E-state index is -1.38. The second-order valence-corrected chi connectivity index (χ2v) is 10.1. The summed E-state index contributed by atoms with van der Waals surface area (Å²) in [4.78, 5) is 0. The highest BCUT2D eigenvalue weighted by Crippen LogP contribution is 2.12. The zero-order valence-electron chi connectivity index (χ0n) is 11.2. The van der Waals surface area contributed by atoms with Crippen LogP contribution >= 0.6 is 0 Å². The quantitative estimate of drug-likeness (QED) is 0.548. The molecule has 1 rings (SSSR count). The Hall–Kier alpha value is -1.06. The minimum Gasteiger partial charge on any atom is -0.354 e. The third-order valence-corrected chi connectivity index (χ3v) is 5.07. The maximum Gasteiger partial charge on any atom is 0.277 e. The monoisotopic (exact) mass is 243 g/mol. The molecule has 0 aliphatic heterocycles. The summed E-state index contributed by atoms with van der Waals surface area (Å²) < 4.78 is 2.53. The topological polar surface area (TPSA) is 3.24 Å². The van der Waals surface area contributed by atoms with Crippen molar-refractivity contribution < 1.29 is 0 Å². The minimum absolute atomic E-state index is 0.292. The van der Waals surface area contributed by atoms with Crippen LogP contribution in [0.5, 0.6) is 0 Å². The van der Waals surface area contributed by atoms with Gasteiger partial charge in [-0.15, -0.1) is 19.1 Å². The van der Waals surface area contributed by atoms with E-state index in [9.17, 15) is 0 Å².